The second-order valence-corrected chi connectivity index (χ2v) is 9.72. The minimum absolute atomic E-state index is 0.0211. The van der Waals surface area contributed by atoms with Gasteiger partial charge in [-0.15, -0.1) is 0 Å². The van der Waals surface area contributed by atoms with E-state index in [1.807, 2.05) is 6.92 Å². The van der Waals surface area contributed by atoms with Crippen molar-refractivity contribution >= 4 is 23.2 Å². The minimum atomic E-state index is -5.59. The number of rotatable bonds is 7. The van der Waals surface area contributed by atoms with Crippen molar-refractivity contribution in [1.29, 1.82) is 0 Å². The number of hydrogen-bond acceptors (Lipinski definition) is 10. The fourth-order valence-corrected chi connectivity index (χ4v) is 5.21. The van der Waals surface area contributed by atoms with Gasteiger partial charge < -0.3 is 28.5 Å². The Morgan fingerprint density at radius 2 is 1.67 bits per heavy atom. The molecule has 21 heavy (non-hydrogen) atoms. The highest BCUT2D eigenvalue weighted by atomic mass is 31.3. The van der Waals surface area contributed by atoms with Gasteiger partial charge in [0, 0.05) is 6.66 Å². The van der Waals surface area contributed by atoms with Gasteiger partial charge in [-0.05, 0) is 19.3 Å². The lowest BCUT2D eigenvalue weighted by Crippen LogP contribution is -2.23. The van der Waals surface area contributed by atoms with Crippen LogP contribution in [0.3, 0.4) is 0 Å². The van der Waals surface area contributed by atoms with E-state index in [-0.39, 0.29) is 12.0 Å². The summed E-state index contributed by atoms with van der Waals surface area (Å²) >= 11 is 0. The van der Waals surface area contributed by atoms with E-state index in [0.29, 0.717) is 13.1 Å². The Kier molecular flexibility index (Phi) is 6.38. The van der Waals surface area contributed by atoms with Crippen LogP contribution in [0.5, 0.6) is 0 Å². The standard InChI is InChI=1S/C8H19O10P3/c1-6-4-7(2)16-8(6)5-15-20(11,12)18-21(13,14)17-19(3,9)10/h6-8H,4-5H2,1-3H3,(H,9,10)(H,11,12)(H,13,14)/p-3. The third-order valence-electron chi connectivity index (χ3n) is 2.59. The van der Waals surface area contributed by atoms with Crippen molar-refractivity contribution in [3.63, 3.8) is 0 Å². The van der Waals surface area contributed by atoms with E-state index in [1.54, 1.807) is 6.92 Å². The molecule has 0 radical (unpaired) electrons. The van der Waals surface area contributed by atoms with E-state index < -0.39 is 36.0 Å². The largest absolute Gasteiger partial charge is 0.778 e. The van der Waals surface area contributed by atoms with Crippen molar-refractivity contribution in [2.24, 2.45) is 5.92 Å². The van der Waals surface area contributed by atoms with Crippen LogP contribution in [-0.2, 0) is 31.6 Å². The highest BCUT2D eigenvalue weighted by Gasteiger charge is 2.31. The fourth-order valence-electron chi connectivity index (χ4n) is 1.87. The third-order valence-corrected chi connectivity index (χ3v) is 6.64. The van der Waals surface area contributed by atoms with Gasteiger partial charge in [0.1, 0.15) is 7.60 Å². The van der Waals surface area contributed by atoms with Crippen LogP contribution < -0.4 is 14.7 Å². The molecule has 0 bridgehead atoms. The molecule has 1 fully saturated rings. The van der Waals surface area contributed by atoms with Crippen LogP contribution in [0.1, 0.15) is 20.3 Å². The summed E-state index contributed by atoms with van der Waals surface area (Å²) in [5.74, 6) is 0.0211. The fraction of sp³-hybridized carbons (Fsp3) is 1.00. The van der Waals surface area contributed by atoms with Crippen molar-refractivity contribution in [3.8, 4) is 0 Å². The van der Waals surface area contributed by atoms with Gasteiger partial charge in [0.15, 0.2) is 0 Å². The molecule has 0 spiro atoms. The Morgan fingerprint density at radius 1 is 1.10 bits per heavy atom. The zero-order valence-electron chi connectivity index (χ0n) is 11.6. The first-order valence-electron chi connectivity index (χ1n) is 5.93. The summed E-state index contributed by atoms with van der Waals surface area (Å²) in [5.41, 5.74) is 0. The van der Waals surface area contributed by atoms with E-state index in [9.17, 15) is 28.4 Å². The number of phosphoric acid groups is 2. The van der Waals surface area contributed by atoms with Crippen LogP contribution in [0.15, 0.2) is 0 Å². The minimum Gasteiger partial charge on any atom is -0.778 e. The first kappa shape index (κ1) is 19.5. The maximum atomic E-state index is 11.4. The van der Waals surface area contributed by atoms with E-state index in [4.69, 9.17) is 4.74 Å². The van der Waals surface area contributed by atoms with Gasteiger partial charge in [0.05, 0.1) is 18.8 Å². The van der Waals surface area contributed by atoms with Gasteiger partial charge in [-0.25, -0.2) is 4.31 Å². The molecule has 0 aromatic rings. The molecule has 0 aliphatic carbocycles. The number of phosphoric ester groups is 1. The maximum absolute atomic E-state index is 11.4. The van der Waals surface area contributed by atoms with E-state index in [1.165, 1.54) is 0 Å². The summed E-state index contributed by atoms with van der Waals surface area (Å²) in [7, 11) is -15.6. The quantitative estimate of drug-likeness (QED) is 0.561. The van der Waals surface area contributed by atoms with Crippen molar-refractivity contribution in [2.75, 3.05) is 13.3 Å². The Morgan fingerprint density at radius 3 is 2.10 bits per heavy atom. The number of ether oxygens (including phenoxy) is 1. The second kappa shape index (κ2) is 6.89. The summed E-state index contributed by atoms with van der Waals surface area (Å²) in [5, 5.41) is 0. The highest BCUT2D eigenvalue weighted by molar-refractivity contribution is 7.66. The first-order valence-corrected chi connectivity index (χ1v) is 10.8. The highest BCUT2D eigenvalue weighted by Crippen LogP contribution is 2.61. The van der Waals surface area contributed by atoms with Gasteiger partial charge >= 0.3 is 0 Å². The number of hydrogen-bond donors (Lipinski definition) is 0. The van der Waals surface area contributed by atoms with Crippen molar-refractivity contribution in [2.45, 2.75) is 32.5 Å². The molecular formula is C8H16O10P3-3. The lowest BCUT2D eigenvalue weighted by atomic mass is 10.0. The molecule has 126 valence electrons. The maximum Gasteiger partial charge on any atom is 0.279 e. The molecule has 6 unspecified atom stereocenters. The second-order valence-electron chi connectivity index (χ2n) is 4.82. The smallest absolute Gasteiger partial charge is 0.279 e. The van der Waals surface area contributed by atoms with Crippen LogP contribution in [0, 0.1) is 5.92 Å². The molecule has 6 atom stereocenters. The Bertz CT molecular complexity index is 501. The topological polar surface area (TPSA) is 157 Å². The Labute approximate surface area is 122 Å². The normalized spacial score (nSPS) is 34.9. The lowest BCUT2D eigenvalue weighted by Gasteiger charge is -2.33. The average molecular weight is 365 g/mol. The zero-order chi connectivity index (χ0) is 16.5. The molecule has 13 heteroatoms. The molecule has 0 amide bonds. The van der Waals surface area contributed by atoms with Crippen LogP contribution in [0.25, 0.3) is 0 Å². The van der Waals surface area contributed by atoms with Crippen LogP contribution in [0.2, 0.25) is 0 Å². The summed E-state index contributed by atoms with van der Waals surface area (Å²) in [6, 6.07) is 0. The monoisotopic (exact) mass is 365 g/mol. The van der Waals surface area contributed by atoms with Crippen molar-refractivity contribution < 1.29 is 46.3 Å². The van der Waals surface area contributed by atoms with E-state index >= 15 is 0 Å². The summed E-state index contributed by atoms with van der Waals surface area (Å²) in [6.45, 7) is 3.64. The molecule has 1 aliphatic rings. The molecule has 0 aromatic heterocycles. The molecule has 10 nitrogen and oxygen atoms in total. The summed E-state index contributed by atoms with van der Waals surface area (Å²) in [4.78, 5) is 33.1. The van der Waals surface area contributed by atoms with Gasteiger partial charge in [-0.1, -0.05) is 6.92 Å². The third kappa shape index (κ3) is 7.48. The van der Waals surface area contributed by atoms with Crippen LogP contribution in [0.4, 0.5) is 0 Å². The molecule has 0 saturated carbocycles. The van der Waals surface area contributed by atoms with Gasteiger partial charge in [-0.3, -0.25) is 13.4 Å². The van der Waals surface area contributed by atoms with Crippen LogP contribution >= 0.6 is 23.2 Å². The van der Waals surface area contributed by atoms with E-state index in [0.717, 1.165) is 0 Å². The van der Waals surface area contributed by atoms with E-state index in [2.05, 4.69) is 13.1 Å². The molecule has 0 N–H and O–H groups in total. The summed E-state index contributed by atoms with van der Waals surface area (Å²) < 4.78 is 50.1. The van der Waals surface area contributed by atoms with Crippen molar-refractivity contribution in [1.82, 2.24) is 0 Å². The molecule has 1 saturated heterocycles. The van der Waals surface area contributed by atoms with Crippen LogP contribution in [-0.4, -0.2) is 25.5 Å². The predicted octanol–water partition coefficient (Wildman–Crippen LogP) is -0.0303. The Balaban J connectivity index is 2.56. The van der Waals surface area contributed by atoms with Crippen molar-refractivity contribution in [3.05, 3.63) is 0 Å². The SMILES string of the molecule is CC1CC(C)C(COP(=O)([O-])OP(=O)([O-])OP(C)(=O)[O-])O1. The first-order chi connectivity index (χ1) is 9.30. The summed E-state index contributed by atoms with van der Waals surface area (Å²) in [6.07, 6.45) is 0.103. The van der Waals surface area contributed by atoms with Gasteiger partial charge in [0.2, 0.25) is 0 Å². The molecule has 1 heterocycles. The molecule has 0 aromatic carbocycles. The molecule has 1 rings (SSSR count). The lowest BCUT2D eigenvalue weighted by molar-refractivity contribution is -0.245. The zero-order valence-corrected chi connectivity index (χ0v) is 14.3. The predicted molar refractivity (Wildman–Crippen MR) is 65.0 cm³/mol. The average Bonchev–Trinajstić information content (AvgIpc) is 2.48. The molecular weight excluding hydrogens is 349 g/mol. The molecule has 1 aliphatic heterocycles. The van der Waals surface area contributed by atoms with Gasteiger partial charge in [-0.2, -0.15) is 0 Å². The van der Waals surface area contributed by atoms with Gasteiger partial charge in [0.25, 0.3) is 15.6 Å². The Hall–Kier alpha value is 0.410.